The summed E-state index contributed by atoms with van der Waals surface area (Å²) in [5, 5.41) is 2.57. The molecule has 0 aliphatic carbocycles. The molecule has 0 fully saturated rings. The van der Waals surface area contributed by atoms with Crippen molar-refractivity contribution in [1.29, 1.82) is 0 Å². The first-order valence-electron chi connectivity index (χ1n) is 7.43. The van der Waals surface area contributed by atoms with Gasteiger partial charge >= 0.3 is 12.1 Å². The molecule has 0 aliphatic rings. The zero-order chi connectivity index (χ0) is 17.8. The first kappa shape index (κ1) is 18.9. The van der Waals surface area contributed by atoms with E-state index >= 15 is 0 Å². The second-order valence-corrected chi connectivity index (χ2v) is 6.83. The van der Waals surface area contributed by atoms with Gasteiger partial charge in [0.15, 0.2) is 0 Å². The smallest absolute Gasteiger partial charge is 0.408 e. The largest absolute Gasteiger partial charge is 0.444 e. The van der Waals surface area contributed by atoms with Crippen LogP contribution in [0.1, 0.15) is 41.5 Å². The average Bonchev–Trinajstić information content (AvgIpc) is 2.38. The van der Waals surface area contributed by atoms with E-state index in [4.69, 9.17) is 9.47 Å². The highest BCUT2D eigenvalue weighted by molar-refractivity contribution is 5.87. The zero-order valence-corrected chi connectivity index (χ0v) is 14.4. The quantitative estimate of drug-likeness (QED) is 0.677. The Morgan fingerprint density at radius 1 is 1.09 bits per heavy atom. The summed E-state index contributed by atoms with van der Waals surface area (Å²) in [6.07, 6.45) is -0.704. The number of rotatable bonds is 4. The van der Waals surface area contributed by atoms with Crippen molar-refractivity contribution < 1.29 is 23.5 Å². The summed E-state index contributed by atoms with van der Waals surface area (Å²) in [5.41, 5.74) is -1.96. The van der Waals surface area contributed by atoms with Gasteiger partial charge in [0.2, 0.25) is 0 Å². The molecule has 0 heterocycles. The average molecular weight is 325 g/mol. The fourth-order valence-corrected chi connectivity index (χ4v) is 1.66. The molecule has 1 unspecified atom stereocenters. The fourth-order valence-electron chi connectivity index (χ4n) is 1.66. The van der Waals surface area contributed by atoms with E-state index in [9.17, 15) is 14.0 Å². The highest BCUT2D eigenvalue weighted by atomic mass is 19.1. The van der Waals surface area contributed by atoms with Crippen LogP contribution in [0.3, 0.4) is 0 Å². The summed E-state index contributed by atoms with van der Waals surface area (Å²) in [4.78, 5) is 24.5. The number of benzene rings is 1. The number of carbonyl (C=O) groups is 2. The number of carbonyl (C=O) groups excluding carboxylic acids is 2. The summed E-state index contributed by atoms with van der Waals surface area (Å²) < 4.78 is 23.3. The third kappa shape index (κ3) is 5.54. The number of alkyl carbamates (subject to hydrolysis) is 1. The lowest BCUT2D eigenvalue weighted by Crippen LogP contribution is -2.58. The van der Waals surface area contributed by atoms with E-state index in [2.05, 4.69) is 5.32 Å². The molecule has 1 amide bonds. The Morgan fingerprint density at radius 2 is 1.61 bits per heavy atom. The van der Waals surface area contributed by atoms with E-state index < -0.39 is 29.0 Å². The third-order valence-electron chi connectivity index (χ3n) is 3.36. The van der Waals surface area contributed by atoms with Gasteiger partial charge in [0.25, 0.3) is 0 Å². The molecule has 23 heavy (non-hydrogen) atoms. The maximum atomic E-state index is 12.9. The number of hydrogen-bond acceptors (Lipinski definition) is 4. The summed E-state index contributed by atoms with van der Waals surface area (Å²) >= 11 is 0. The van der Waals surface area contributed by atoms with Gasteiger partial charge in [0, 0.05) is 0 Å². The minimum absolute atomic E-state index is 0.203. The number of ether oxygens (including phenoxy) is 2. The monoisotopic (exact) mass is 325 g/mol. The maximum absolute atomic E-state index is 12.9. The van der Waals surface area contributed by atoms with Gasteiger partial charge in [-0.1, -0.05) is 13.8 Å². The Bertz CT molecular complexity index is 563. The molecule has 0 saturated heterocycles. The highest BCUT2D eigenvalue weighted by Crippen LogP contribution is 2.22. The van der Waals surface area contributed by atoms with Crippen molar-refractivity contribution in [2.24, 2.45) is 5.92 Å². The molecule has 1 atom stereocenters. The van der Waals surface area contributed by atoms with Gasteiger partial charge in [0.05, 0.1) is 0 Å². The van der Waals surface area contributed by atoms with Crippen molar-refractivity contribution >= 4 is 12.1 Å². The van der Waals surface area contributed by atoms with Crippen molar-refractivity contribution in [3.05, 3.63) is 30.1 Å². The Hall–Kier alpha value is -2.11. The number of amides is 1. The van der Waals surface area contributed by atoms with Gasteiger partial charge in [-0.3, -0.25) is 0 Å². The van der Waals surface area contributed by atoms with Crippen molar-refractivity contribution in [2.75, 3.05) is 0 Å². The van der Waals surface area contributed by atoms with Crippen LogP contribution in [0, 0.1) is 11.7 Å². The normalized spacial score (nSPS) is 14.1. The van der Waals surface area contributed by atoms with Crippen LogP contribution >= 0.6 is 0 Å². The topological polar surface area (TPSA) is 64.6 Å². The SMILES string of the molecule is CC(C)C(C)(NC(=O)OC(C)(C)C)C(=O)Oc1ccc(F)cc1. The van der Waals surface area contributed by atoms with E-state index in [1.807, 2.05) is 0 Å². The number of hydrogen-bond donors (Lipinski definition) is 1. The standard InChI is InChI=1S/C17H24FNO4/c1-11(2)17(6,19-15(21)23-16(3,4)5)14(20)22-13-9-7-12(18)8-10-13/h7-11H,1-6H3,(H,19,21). The summed E-state index contributed by atoms with van der Waals surface area (Å²) in [5.74, 6) is -1.12. The zero-order valence-electron chi connectivity index (χ0n) is 14.4. The minimum Gasteiger partial charge on any atom is -0.444 e. The van der Waals surface area contributed by atoms with Crippen LogP contribution in [-0.2, 0) is 9.53 Å². The third-order valence-corrected chi connectivity index (χ3v) is 3.36. The van der Waals surface area contributed by atoms with Crippen molar-refractivity contribution in [1.82, 2.24) is 5.32 Å². The lowest BCUT2D eigenvalue weighted by atomic mass is 9.88. The molecule has 6 heteroatoms. The molecule has 0 aliphatic heterocycles. The Balaban J connectivity index is 2.88. The van der Waals surface area contributed by atoms with Gasteiger partial charge in [-0.05, 0) is 57.9 Å². The molecular weight excluding hydrogens is 301 g/mol. The Kier molecular flexibility index (Phi) is 5.75. The molecule has 0 spiro atoms. The molecule has 1 aromatic rings. The Morgan fingerprint density at radius 3 is 2.04 bits per heavy atom. The van der Waals surface area contributed by atoms with Crippen LogP contribution in [0.4, 0.5) is 9.18 Å². The van der Waals surface area contributed by atoms with E-state index in [1.165, 1.54) is 24.3 Å². The first-order chi connectivity index (χ1) is 10.4. The lowest BCUT2D eigenvalue weighted by molar-refractivity contribution is -0.143. The molecule has 0 saturated carbocycles. The molecule has 5 nitrogen and oxygen atoms in total. The van der Waals surface area contributed by atoms with Crippen molar-refractivity contribution in [3.8, 4) is 5.75 Å². The number of nitrogens with one attached hydrogen (secondary N) is 1. The van der Waals surface area contributed by atoms with Crippen molar-refractivity contribution in [3.63, 3.8) is 0 Å². The second-order valence-electron chi connectivity index (χ2n) is 6.83. The van der Waals surface area contributed by atoms with Gasteiger partial charge in [-0.25, -0.2) is 14.0 Å². The van der Waals surface area contributed by atoms with Gasteiger partial charge < -0.3 is 14.8 Å². The fraction of sp³-hybridized carbons (Fsp3) is 0.529. The molecule has 1 N–H and O–H groups in total. The predicted molar refractivity (Wildman–Crippen MR) is 84.6 cm³/mol. The van der Waals surface area contributed by atoms with Crippen molar-refractivity contribution in [2.45, 2.75) is 52.7 Å². The molecular formula is C17H24FNO4. The number of esters is 1. The van der Waals surface area contributed by atoms with E-state index in [0.29, 0.717) is 0 Å². The van der Waals surface area contributed by atoms with Crippen LogP contribution in [0.15, 0.2) is 24.3 Å². The molecule has 0 aromatic heterocycles. The summed E-state index contributed by atoms with van der Waals surface area (Å²) in [6, 6.07) is 5.08. The Labute approximate surface area is 136 Å². The molecule has 1 rings (SSSR count). The van der Waals surface area contributed by atoms with Crippen LogP contribution in [0.2, 0.25) is 0 Å². The molecule has 128 valence electrons. The molecule has 1 aromatic carbocycles. The summed E-state index contributed by atoms with van der Waals surface area (Å²) in [7, 11) is 0. The van der Waals surface area contributed by atoms with Crippen LogP contribution < -0.4 is 10.1 Å². The second kappa shape index (κ2) is 6.98. The summed E-state index contributed by atoms with van der Waals surface area (Å²) in [6.45, 7) is 10.3. The first-order valence-corrected chi connectivity index (χ1v) is 7.43. The lowest BCUT2D eigenvalue weighted by Gasteiger charge is -2.33. The van der Waals surface area contributed by atoms with E-state index in [1.54, 1.807) is 41.5 Å². The van der Waals surface area contributed by atoms with Crippen LogP contribution in [0.5, 0.6) is 5.75 Å². The predicted octanol–water partition coefficient (Wildman–Crippen LogP) is 3.67. The molecule has 0 bridgehead atoms. The van der Waals surface area contributed by atoms with Crippen LogP contribution in [0.25, 0.3) is 0 Å². The minimum atomic E-state index is -1.28. The molecule has 0 radical (unpaired) electrons. The van der Waals surface area contributed by atoms with Gasteiger partial charge in [-0.15, -0.1) is 0 Å². The van der Waals surface area contributed by atoms with Crippen LogP contribution in [-0.4, -0.2) is 23.2 Å². The number of halogens is 1. The van der Waals surface area contributed by atoms with E-state index in [-0.39, 0.29) is 11.7 Å². The van der Waals surface area contributed by atoms with E-state index in [0.717, 1.165) is 0 Å². The van der Waals surface area contributed by atoms with Gasteiger partial charge in [0.1, 0.15) is 22.7 Å². The highest BCUT2D eigenvalue weighted by Gasteiger charge is 2.41. The maximum Gasteiger partial charge on any atom is 0.408 e. The van der Waals surface area contributed by atoms with Gasteiger partial charge in [-0.2, -0.15) is 0 Å².